The van der Waals surface area contributed by atoms with E-state index in [4.69, 9.17) is 4.74 Å². The van der Waals surface area contributed by atoms with Crippen LogP contribution in [0.4, 0.5) is 0 Å². The van der Waals surface area contributed by atoms with E-state index in [2.05, 4.69) is 58.7 Å². The summed E-state index contributed by atoms with van der Waals surface area (Å²) in [6.45, 7) is 24.0. The van der Waals surface area contributed by atoms with Crippen LogP contribution in [0.3, 0.4) is 0 Å². The Hall–Kier alpha value is -1.19. The van der Waals surface area contributed by atoms with E-state index in [1.54, 1.807) is 0 Å². The number of carboxylic acid groups (broad SMARTS) is 1. The number of nitrogens with one attached hydrogen (secondary N) is 1. The minimum atomic E-state index is -2.87. The molecule has 8 rings (SSSR count). The minimum Gasteiger partial charge on any atom is -0.481 e. The first-order chi connectivity index (χ1) is 25.5. The van der Waals surface area contributed by atoms with Crippen molar-refractivity contribution in [1.29, 1.82) is 0 Å². The number of esters is 1. The van der Waals surface area contributed by atoms with E-state index in [0.29, 0.717) is 59.7 Å². The van der Waals surface area contributed by atoms with E-state index >= 15 is 0 Å². The van der Waals surface area contributed by atoms with Crippen molar-refractivity contribution >= 4 is 21.8 Å². The molecule has 7 saturated carbocycles. The van der Waals surface area contributed by atoms with Crippen molar-refractivity contribution < 1.29 is 27.9 Å². The highest BCUT2D eigenvalue weighted by Gasteiger charge is 2.72. The van der Waals surface area contributed by atoms with Gasteiger partial charge in [0.15, 0.2) is 9.84 Å². The van der Waals surface area contributed by atoms with Crippen LogP contribution in [0, 0.1) is 73.9 Å². The largest absolute Gasteiger partial charge is 0.481 e. The standard InChI is InChI=1S/C46H76N2O6S/c1-29(48-24-26-55(52,53)27-25-48)15-23-47-46-18-12-30(42(6)19-20-42)37(46)31-10-11-35-43(7)16-14-36(54-39(51)33-28-32(38(49)50)40(33,2)3)41(4,5)34(43)13-17-45(35,9)44(31,8)21-22-46/h29-37,47H,10-28H2,1-9H3,(H,49,50)/t29-,30+,31+,32-,33+,34-,35+,36-,37+,43-,44+,45+,46-/m0/s1. The van der Waals surface area contributed by atoms with Crippen LogP contribution in [0.5, 0.6) is 0 Å². The number of sulfone groups is 1. The molecule has 1 saturated heterocycles. The average Bonchev–Trinajstić information content (AvgIpc) is 3.72. The molecule has 55 heavy (non-hydrogen) atoms. The van der Waals surface area contributed by atoms with Crippen LogP contribution in [0.15, 0.2) is 0 Å². The summed E-state index contributed by atoms with van der Waals surface area (Å²) >= 11 is 0. The fraction of sp³-hybridized carbons (Fsp3) is 0.957. The van der Waals surface area contributed by atoms with Crippen LogP contribution in [-0.4, -0.2) is 79.2 Å². The van der Waals surface area contributed by atoms with E-state index < -0.39 is 27.1 Å². The number of nitrogens with zero attached hydrogens (tertiary/aromatic N) is 1. The summed E-state index contributed by atoms with van der Waals surface area (Å²) in [5.74, 6) is 2.21. The van der Waals surface area contributed by atoms with Crippen LogP contribution < -0.4 is 5.32 Å². The number of hydrogen-bond acceptors (Lipinski definition) is 7. The van der Waals surface area contributed by atoms with Gasteiger partial charge in [0.2, 0.25) is 0 Å². The van der Waals surface area contributed by atoms with Gasteiger partial charge in [-0.05, 0) is 160 Å². The number of hydrogen-bond donors (Lipinski definition) is 2. The maximum Gasteiger partial charge on any atom is 0.309 e. The third-order valence-corrected chi connectivity index (χ3v) is 22.1. The second-order valence-corrected chi connectivity index (χ2v) is 25.5. The number of carbonyl (C=O) groups is 2. The van der Waals surface area contributed by atoms with Gasteiger partial charge in [-0.1, -0.05) is 55.4 Å². The summed E-state index contributed by atoms with van der Waals surface area (Å²) in [6, 6.07) is 0.396. The van der Waals surface area contributed by atoms with Gasteiger partial charge in [-0.15, -0.1) is 0 Å². The van der Waals surface area contributed by atoms with Gasteiger partial charge in [-0.25, -0.2) is 8.42 Å². The Balaban J connectivity index is 0.990. The summed E-state index contributed by atoms with van der Waals surface area (Å²) in [4.78, 5) is 27.9. The summed E-state index contributed by atoms with van der Waals surface area (Å²) in [6.07, 6.45) is 16.5. The molecule has 0 aromatic rings. The number of carbonyl (C=O) groups excluding carboxylic acids is 1. The molecule has 0 spiro atoms. The number of rotatable bonds is 9. The van der Waals surface area contributed by atoms with Gasteiger partial charge in [-0.2, -0.15) is 0 Å². The summed E-state index contributed by atoms with van der Waals surface area (Å²) < 4.78 is 30.7. The Bertz CT molecular complexity index is 1640. The average molecular weight is 785 g/mol. The highest BCUT2D eigenvalue weighted by molar-refractivity contribution is 7.91. The fourth-order valence-corrected chi connectivity index (χ4v) is 17.5. The van der Waals surface area contributed by atoms with Crippen molar-refractivity contribution in [3.8, 4) is 0 Å². The smallest absolute Gasteiger partial charge is 0.309 e. The van der Waals surface area contributed by atoms with Crippen molar-refractivity contribution in [3.05, 3.63) is 0 Å². The van der Waals surface area contributed by atoms with Gasteiger partial charge in [0.1, 0.15) is 6.10 Å². The lowest BCUT2D eigenvalue weighted by Crippen LogP contribution is -2.69. The molecule has 8 nitrogen and oxygen atoms in total. The van der Waals surface area contributed by atoms with Crippen LogP contribution >= 0.6 is 0 Å². The normalized spacial score (nSPS) is 48.2. The monoisotopic (exact) mass is 785 g/mol. The highest BCUT2D eigenvalue weighted by Crippen LogP contribution is 2.78. The molecule has 13 atom stereocenters. The van der Waals surface area contributed by atoms with Crippen LogP contribution in [0.25, 0.3) is 0 Å². The zero-order chi connectivity index (χ0) is 39.8. The van der Waals surface area contributed by atoms with Crippen molar-refractivity contribution in [2.45, 2.75) is 170 Å². The Morgan fingerprint density at radius 3 is 2.09 bits per heavy atom. The first kappa shape index (κ1) is 40.6. The lowest BCUT2D eigenvalue weighted by Gasteiger charge is -2.73. The molecule has 1 aliphatic heterocycles. The predicted molar refractivity (Wildman–Crippen MR) is 217 cm³/mol. The maximum atomic E-state index is 13.7. The lowest BCUT2D eigenvalue weighted by molar-refractivity contribution is -0.249. The molecule has 0 aromatic heterocycles. The Labute approximate surface area is 333 Å². The molecule has 0 radical (unpaired) electrons. The minimum absolute atomic E-state index is 0.125. The van der Waals surface area contributed by atoms with Crippen LogP contribution in [0.1, 0.15) is 152 Å². The highest BCUT2D eigenvalue weighted by atomic mass is 32.2. The predicted octanol–water partition coefficient (Wildman–Crippen LogP) is 8.38. The van der Waals surface area contributed by atoms with Gasteiger partial charge < -0.3 is 15.2 Å². The Morgan fingerprint density at radius 2 is 1.45 bits per heavy atom. The van der Waals surface area contributed by atoms with Crippen LogP contribution in [-0.2, 0) is 24.2 Å². The molecular weight excluding hydrogens is 709 g/mol. The molecule has 8 aliphatic rings. The first-order valence-electron chi connectivity index (χ1n) is 22.7. The van der Waals surface area contributed by atoms with Crippen LogP contribution in [0.2, 0.25) is 0 Å². The van der Waals surface area contributed by atoms with E-state index in [0.717, 1.165) is 43.6 Å². The van der Waals surface area contributed by atoms with E-state index in [9.17, 15) is 23.1 Å². The van der Waals surface area contributed by atoms with Gasteiger partial charge in [0.25, 0.3) is 0 Å². The maximum absolute atomic E-state index is 13.7. The molecule has 7 aliphatic carbocycles. The molecule has 0 amide bonds. The summed E-state index contributed by atoms with van der Waals surface area (Å²) in [5, 5.41) is 14.0. The first-order valence-corrected chi connectivity index (χ1v) is 24.5. The molecule has 2 N–H and O–H groups in total. The number of ether oxygens (including phenoxy) is 1. The molecule has 9 heteroatoms. The van der Waals surface area contributed by atoms with Crippen molar-refractivity contribution in [2.75, 3.05) is 31.1 Å². The van der Waals surface area contributed by atoms with Crippen molar-refractivity contribution in [3.63, 3.8) is 0 Å². The number of aliphatic carboxylic acids is 1. The molecule has 1 heterocycles. The quantitative estimate of drug-likeness (QED) is 0.225. The van der Waals surface area contributed by atoms with Gasteiger partial charge in [-0.3, -0.25) is 14.5 Å². The Morgan fingerprint density at radius 1 is 0.764 bits per heavy atom. The van der Waals surface area contributed by atoms with E-state index in [1.807, 2.05) is 13.8 Å². The molecule has 0 bridgehead atoms. The lowest BCUT2D eigenvalue weighted by atomic mass is 9.32. The second-order valence-electron chi connectivity index (χ2n) is 23.2. The van der Waals surface area contributed by atoms with Gasteiger partial charge >= 0.3 is 11.9 Å². The summed E-state index contributed by atoms with van der Waals surface area (Å²) in [5.41, 5.74) is 0.788. The zero-order valence-corrected chi connectivity index (χ0v) is 36.8. The number of fused-ring (bicyclic) bond motifs is 7. The summed E-state index contributed by atoms with van der Waals surface area (Å²) in [7, 11) is -2.87. The zero-order valence-electron chi connectivity index (χ0n) is 36.0. The van der Waals surface area contributed by atoms with E-state index in [1.165, 1.54) is 64.2 Å². The van der Waals surface area contributed by atoms with Crippen molar-refractivity contribution in [1.82, 2.24) is 10.2 Å². The second kappa shape index (κ2) is 13.2. The topological polar surface area (TPSA) is 113 Å². The molecule has 0 aromatic carbocycles. The molecule has 0 unspecified atom stereocenters. The fourth-order valence-electron chi connectivity index (χ4n) is 16.3. The molecular formula is C46H76N2O6S. The van der Waals surface area contributed by atoms with Gasteiger partial charge in [0.05, 0.1) is 23.3 Å². The molecule has 312 valence electrons. The Kier molecular flexibility index (Phi) is 9.71. The van der Waals surface area contributed by atoms with E-state index in [-0.39, 0.29) is 39.8 Å². The third-order valence-electron chi connectivity index (χ3n) is 20.5. The number of carboxylic acids is 1. The van der Waals surface area contributed by atoms with Crippen molar-refractivity contribution in [2.24, 2.45) is 73.9 Å². The third kappa shape index (κ3) is 6.07. The van der Waals surface area contributed by atoms with Gasteiger partial charge in [0, 0.05) is 30.1 Å². The molecule has 8 fully saturated rings. The SMILES string of the molecule is C[C@@H](CCN[C@]12CC[C@@H](C3(C)CC3)[C@@H]1[C@H]1CC[C@@H]3[C@@]4(C)CC[C@H](OC(=O)[C@H]5C[C@@H](C(=O)O)C5(C)C)C(C)(C)[C@@H]4CC[C@@]3(C)[C@]1(C)CC2)N1CCS(=O)(=O)CC1.